The highest BCUT2D eigenvalue weighted by Gasteiger charge is 2.55. The molecule has 3 aliphatic rings. The van der Waals surface area contributed by atoms with E-state index in [1.807, 2.05) is 6.07 Å². The highest BCUT2D eigenvalue weighted by Crippen LogP contribution is 2.48. The molecule has 0 aromatic heterocycles. The Morgan fingerprint density at radius 1 is 1.26 bits per heavy atom. The third kappa shape index (κ3) is 3.83. The lowest BCUT2D eigenvalue weighted by molar-refractivity contribution is -0.220. The summed E-state index contributed by atoms with van der Waals surface area (Å²) in [4.78, 5) is 21.5. The molecule has 2 heterocycles. The number of aliphatic carboxylic acids is 2. The minimum Gasteiger partial charge on any atom is -0.508 e. The van der Waals surface area contributed by atoms with E-state index in [9.17, 15) is 14.7 Å². The third-order valence-corrected chi connectivity index (χ3v) is 5.49. The molecular weight excluding hydrogens is 354 g/mol. The molecule has 2 fully saturated rings. The number of hydrogen-bond acceptors (Lipinski definition) is 6. The number of fused-ring (bicyclic) bond motifs is 1. The fraction of sp³-hybridized carbons (Fsp3) is 0.474. The topological polar surface area (TPSA) is 117 Å². The van der Waals surface area contributed by atoms with E-state index in [1.165, 1.54) is 11.1 Å². The van der Waals surface area contributed by atoms with E-state index < -0.39 is 11.9 Å². The molecule has 146 valence electrons. The van der Waals surface area contributed by atoms with Crippen LogP contribution in [0.15, 0.2) is 30.4 Å². The molecule has 8 heteroatoms. The van der Waals surface area contributed by atoms with Crippen LogP contribution in [0.5, 0.6) is 5.75 Å². The van der Waals surface area contributed by atoms with Gasteiger partial charge in [-0.1, -0.05) is 6.07 Å². The largest absolute Gasteiger partial charge is 0.508 e. The third-order valence-electron chi connectivity index (χ3n) is 5.49. The van der Waals surface area contributed by atoms with Crippen LogP contribution in [-0.4, -0.2) is 71.3 Å². The number of benzene rings is 1. The number of ether oxygens (including phenoxy) is 2. The molecule has 0 unspecified atom stereocenters. The van der Waals surface area contributed by atoms with E-state index in [1.54, 1.807) is 6.07 Å². The van der Waals surface area contributed by atoms with Crippen LogP contribution in [0.3, 0.4) is 0 Å². The van der Waals surface area contributed by atoms with Gasteiger partial charge in [-0.05, 0) is 49.7 Å². The maximum atomic E-state index is 9.83. The van der Waals surface area contributed by atoms with Gasteiger partial charge in [-0.25, -0.2) is 9.59 Å². The van der Waals surface area contributed by atoms with Gasteiger partial charge in [0.2, 0.25) is 0 Å². The number of likely N-dealkylation sites (tertiary alicyclic amines) is 1. The van der Waals surface area contributed by atoms with Gasteiger partial charge in [0, 0.05) is 23.6 Å². The van der Waals surface area contributed by atoms with Crippen LogP contribution >= 0.6 is 0 Å². The Kier molecular flexibility index (Phi) is 5.50. The van der Waals surface area contributed by atoms with Crippen LogP contribution in [0, 0.1) is 0 Å². The molecule has 0 spiro atoms. The van der Waals surface area contributed by atoms with Crippen molar-refractivity contribution in [3.05, 3.63) is 41.5 Å². The Bertz CT molecular complexity index is 746. The summed E-state index contributed by atoms with van der Waals surface area (Å²) >= 11 is 0. The molecule has 4 rings (SSSR count). The number of hydrogen-bond donors (Lipinski definition) is 3. The van der Waals surface area contributed by atoms with Crippen molar-refractivity contribution in [2.45, 2.75) is 30.4 Å². The Labute approximate surface area is 156 Å². The number of piperidine rings is 1. The van der Waals surface area contributed by atoms with Crippen LogP contribution < -0.4 is 0 Å². The van der Waals surface area contributed by atoms with Gasteiger partial charge in [0.05, 0.1) is 12.7 Å². The van der Waals surface area contributed by atoms with E-state index in [0.717, 1.165) is 19.4 Å². The summed E-state index contributed by atoms with van der Waals surface area (Å²) in [6.07, 6.45) is 3.33. The smallest absolute Gasteiger partial charge is 0.328 e. The second-order valence-electron chi connectivity index (χ2n) is 7.06. The lowest BCUT2D eigenvalue weighted by atomic mass is 9.62. The first-order valence-corrected chi connectivity index (χ1v) is 8.69. The fourth-order valence-corrected chi connectivity index (χ4v) is 4.26. The zero-order chi connectivity index (χ0) is 19.6. The quantitative estimate of drug-likeness (QED) is 0.653. The van der Waals surface area contributed by atoms with Gasteiger partial charge in [0.1, 0.15) is 12.5 Å². The van der Waals surface area contributed by atoms with Gasteiger partial charge in [-0.15, -0.1) is 0 Å². The summed E-state index contributed by atoms with van der Waals surface area (Å²) in [6.45, 7) is 2.16. The van der Waals surface area contributed by atoms with Crippen molar-refractivity contribution in [3.8, 4) is 5.75 Å². The number of aromatic hydroxyl groups is 1. The van der Waals surface area contributed by atoms with Crippen LogP contribution in [0.25, 0.3) is 0 Å². The summed E-state index contributed by atoms with van der Waals surface area (Å²) in [5.41, 5.74) is 2.50. The number of rotatable bonds is 2. The van der Waals surface area contributed by atoms with Crippen LogP contribution in [-0.2, 0) is 30.9 Å². The summed E-state index contributed by atoms with van der Waals surface area (Å²) in [5.74, 6) is -2.17. The minimum atomic E-state index is -1.26. The molecule has 8 nitrogen and oxygen atoms in total. The number of nitrogens with zero attached hydrogens (tertiary/aromatic N) is 1. The van der Waals surface area contributed by atoms with E-state index in [2.05, 4.69) is 18.0 Å². The van der Waals surface area contributed by atoms with Crippen molar-refractivity contribution in [3.63, 3.8) is 0 Å². The number of carboxylic acid groups (broad SMARTS) is 2. The zero-order valence-electron chi connectivity index (χ0n) is 15.0. The normalized spacial score (nSPS) is 29.2. The van der Waals surface area contributed by atoms with E-state index in [0.29, 0.717) is 37.3 Å². The Balaban J connectivity index is 0.000000226. The van der Waals surface area contributed by atoms with Crippen molar-refractivity contribution < 1.29 is 34.4 Å². The molecule has 3 N–H and O–H groups in total. The summed E-state index contributed by atoms with van der Waals surface area (Å²) < 4.78 is 11.6. The van der Waals surface area contributed by atoms with Gasteiger partial charge >= 0.3 is 11.9 Å². The van der Waals surface area contributed by atoms with Gasteiger partial charge in [-0.3, -0.25) is 0 Å². The fourth-order valence-electron chi connectivity index (χ4n) is 4.26. The van der Waals surface area contributed by atoms with Gasteiger partial charge in [0.25, 0.3) is 0 Å². The number of phenolic OH excluding ortho intramolecular Hbond substituents is 1. The van der Waals surface area contributed by atoms with E-state index in [4.69, 9.17) is 19.7 Å². The summed E-state index contributed by atoms with van der Waals surface area (Å²) in [7, 11) is 2.18. The standard InChI is InChI=1S/C15H19NO3.C4H4O4/c1-16-5-4-15-8-18-9-19-14(15)13(16)6-10-2-3-11(17)7-12(10)15;5-3(6)1-2-4(7)8/h2-3,7,13-14,17H,4-6,8-9H2,1H3;1-2H,(H,5,6)(H,7,8)/b;2-1+/t13-,14+,15-;/m1./s1. The number of carboxylic acids is 2. The SMILES string of the molecule is CN1CC[C@]23COCO[C@H]2[C@H]1Cc1ccc(O)cc13.O=C(O)/C=C/C(=O)O. The minimum absolute atomic E-state index is 0.0677. The highest BCUT2D eigenvalue weighted by atomic mass is 16.7. The molecular formula is C19H23NO7. The predicted molar refractivity (Wildman–Crippen MR) is 94.6 cm³/mol. The maximum absolute atomic E-state index is 9.83. The lowest BCUT2D eigenvalue weighted by Crippen LogP contribution is -2.66. The average Bonchev–Trinajstić information content (AvgIpc) is 2.64. The van der Waals surface area contributed by atoms with Crippen LogP contribution in [0.4, 0.5) is 0 Å². The monoisotopic (exact) mass is 377 g/mol. The molecule has 1 aromatic rings. The second-order valence-corrected chi connectivity index (χ2v) is 7.06. The van der Waals surface area contributed by atoms with E-state index in [-0.39, 0.29) is 11.5 Å². The number of carbonyl (C=O) groups is 2. The molecule has 1 aliphatic carbocycles. The molecule has 27 heavy (non-hydrogen) atoms. The predicted octanol–water partition coefficient (Wildman–Crippen LogP) is 0.975. The Morgan fingerprint density at radius 3 is 2.63 bits per heavy atom. The van der Waals surface area contributed by atoms with Crippen molar-refractivity contribution in [2.75, 3.05) is 27.0 Å². The van der Waals surface area contributed by atoms with Crippen molar-refractivity contribution >= 4 is 11.9 Å². The molecule has 0 saturated carbocycles. The number of likely N-dealkylation sites (N-methyl/N-ethyl adjacent to an activating group) is 1. The molecule has 3 atom stereocenters. The Hall–Kier alpha value is -2.42. The van der Waals surface area contributed by atoms with Crippen molar-refractivity contribution in [2.24, 2.45) is 0 Å². The van der Waals surface area contributed by atoms with Gasteiger partial charge in [0.15, 0.2) is 0 Å². The second kappa shape index (κ2) is 7.67. The molecule has 2 bridgehead atoms. The maximum Gasteiger partial charge on any atom is 0.328 e. The van der Waals surface area contributed by atoms with Gasteiger partial charge in [-0.2, -0.15) is 0 Å². The Morgan fingerprint density at radius 2 is 1.96 bits per heavy atom. The van der Waals surface area contributed by atoms with Crippen LogP contribution in [0.2, 0.25) is 0 Å². The first kappa shape index (κ1) is 19.3. The molecule has 2 aliphatic heterocycles. The van der Waals surface area contributed by atoms with E-state index >= 15 is 0 Å². The summed E-state index contributed by atoms with van der Waals surface area (Å²) in [6, 6.07) is 6.19. The molecule has 0 radical (unpaired) electrons. The number of phenols is 1. The first-order valence-electron chi connectivity index (χ1n) is 8.69. The van der Waals surface area contributed by atoms with Crippen molar-refractivity contribution in [1.82, 2.24) is 4.90 Å². The molecule has 0 amide bonds. The highest BCUT2D eigenvalue weighted by molar-refractivity contribution is 5.89. The molecule has 1 aromatic carbocycles. The first-order chi connectivity index (χ1) is 12.8. The molecule has 2 saturated heterocycles. The average molecular weight is 377 g/mol. The van der Waals surface area contributed by atoms with Crippen LogP contribution in [0.1, 0.15) is 17.5 Å². The summed E-state index contributed by atoms with van der Waals surface area (Å²) in [5, 5.41) is 25.5. The van der Waals surface area contributed by atoms with Gasteiger partial charge < -0.3 is 29.7 Å². The lowest BCUT2D eigenvalue weighted by Gasteiger charge is -2.57. The van der Waals surface area contributed by atoms with Crippen molar-refractivity contribution in [1.29, 1.82) is 0 Å². The zero-order valence-corrected chi connectivity index (χ0v) is 15.0.